The molecule has 2 rings (SSSR count). The summed E-state index contributed by atoms with van der Waals surface area (Å²) < 4.78 is 38.8. The Labute approximate surface area is 138 Å². The number of benzene rings is 2. The summed E-state index contributed by atoms with van der Waals surface area (Å²) in [6, 6.07) is 11.3. The van der Waals surface area contributed by atoms with E-state index < -0.39 is 28.3 Å². The minimum Gasteiger partial charge on any atom is -0.351 e. The quantitative estimate of drug-likeness (QED) is 0.832. The molecule has 0 saturated carbocycles. The fourth-order valence-electron chi connectivity index (χ4n) is 1.76. The molecule has 0 aliphatic rings. The third-order valence-electron chi connectivity index (χ3n) is 2.98. The minimum atomic E-state index is -3.87. The first-order chi connectivity index (χ1) is 10.9. The van der Waals surface area contributed by atoms with Crippen LogP contribution in [0.2, 0.25) is 5.02 Å². The zero-order valence-corrected chi connectivity index (χ0v) is 13.5. The molecule has 0 radical (unpaired) electrons. The number of amides is 1. The Morgan fingerprint density at radius 2 is 1.74 bits per heavy atom. The zero-order chi connectivity index (χ0) is 16.9. The lowest BCUT2D eigenvalue weighted by Gasteiger charge is -2.09. The van der Waals surface area contributed by atoms with Crippen LogP contribution in [-0.2, 0) is 21.4 Å². The van der Waals surface area contributed by atoms with Crippen LogP contribution in [0.1, 0.15) is 5.56 Å². The summed E-state index contributed by atoms with van der Waals surface area (Å²) in [5.74, 6) is -1.04. The standard InChI is InChI=1S/C15H14ClFN2O3S/c16-14-4-2-1-3-11(14)9-18-15(20)10-19-23(21,22)13-7-5-12(17)6-8-13/h1-8,19H,9-10H2,(H,18,20). The maximum Gasteiger partial charge on any atom is 0.241 e. The second-order valence-corrected chi connectivity index (χ2v) is 6.82. The molecule has 0 spiro atoms. The first-order valence-corrected chi connectivity index (χ1v) is 8.50. The Balaban J connectivity index is 1.89. The van der Waals surface area contributed by atoms with Crippen molar-refractivity contribution in [2.24, 2.45) is 0 Å². The normalized spacial score (nSPS) is 11.2. The smallest absolute Gasteiger partial charge is 0.241 e. The van der Waals surface area contributed by atoms with Crippen LogP contribution in [0.5, 0.6) is 0 Å². The van der Waals surface area contributed by atoms with E-state index in [2.05, 4.69) is 10.0 Å². The van der Waals surface area contributed by atoms with Gasteiger partial charge in [0.1, 0.15) is 5.82 Å². The van der Waals surface area contributed by atoms with Gasteiger partial charge < -0.3 is 5.32 Å². The molecule has 2 aromatic rings. The van der Waals surface area contributed by atoms with Crippen molar-refractivity contribution in [2.75, 3.05) is 6.54 Å². The van der Waals surface area contributed by atoms with E-state index in [1.54, 1.807) is 24.3 Å². The molecule has 8 heteroatoms. The third kappa shape index (κ3) is 5.02. The molecule has 1 amide bonds. The molecular formula is C15H14ClFN2O3S. The van der Waals surface area contributed by atoms with Crippen LogP contribution in [0.25, 0.3) is 0 Å². The lowest BCUT2D eigenvalue weighted by atomic mass is 10.2. The molecule has 0 atom stereocenters. The molecule has 0 unspecified atom stereocenters. The van der Waals surface area contributed by atoms with Gasteiger partial charge in [0.05, 0.1) is 11.4 Å². The Hall–Kier alpha value is -1.96. The summed E-state index contributed by atoms with van der Waals surface area (Å²) in [5, 5.41) is 3.08. The molecule has 0 saturated heterocycles. The largest absolute Gasteiger partial charge is 0.351 e. The number of carbonyl (C=O) groups excluding carboxylic acids is 1. The molecule has 0 fully saturated rings. The highest BCUT2D eigenvalue weighted by atomic mass is 35.5. The van der Waals surface area contributed by atoms with Gasteiger partial charge in [-0.3, -0.25) is 4.79 Å². The number of sulfonamides is 1. The first-order valence-electron chi connectivity index (χ1n) is 6.64. The summed E-state index contributed by atoms with van der Waals surface area (Å²) in [6.45, 7) is -0.235. The van der Waals surface area contributed by atoms with E-state index in [9.17, 15) is 17.6 Å². The van der Waals surface area contributed by atoms with Crippen molar-refractivity contribution >= 4 is 27.5 Å². The van der Waals surface area contributed by atoms with Gasteiger partial charge in [-0.2, -0.15) is 0 Å². The predicted octanol–water partition coefficient (Wildman–Crippen LogP) is 2.07. The molecule has 0 bridgehead atoms. The lowest BCUT2D eigenvalue weighted by molar-refractivity contribution is -0.120. The number of carbonyl (C=O) groups is 1. The van der Waals surface area contributed by atoms with Crippen LogP contribution in [0.4, 0.5) is 4.39 Å². The van der Waals surface area contributed by atoms with E-state index in [1.165, 1.54) is 0 Å². The summed E-state index contributed by atoms with van der Waals surface area (Å²) >= 11 is 5.96. The summed E-state index contributed by atoms with van der Waals surface area (Å²) in [6.07, 6.45) is 0. The number of hydrogen-bond acceptors (Lipinski definition) is 3. The van der Waals surface area contributed by atoms with Gasteiger partial charge in [-0.15, -0.1) is 0 Å². The Morgan fingerprint density at radius 1 is 1.09 bits per heavy atom. The van der Waals surface area contributed by atoms with Crippen molar-refractivity contribution < 1.29 is 17.6 Å². The molecular weight excluding hydrogens is 343 g/mol. The highest BCUT2D eigenvalue weighted by Gasteiger charge is 2.15. The van der Waals surface area contributed by atoms with E-state index in [1.807, 2.05) is 0 Å². The van der Waals surface area contributed by atoms with Gasteiger partial charge >= 0.3 is 0 Å². The van der Waals surface area contributed by atoms with E-state index in [4.69, 9.17) is 11.6 Å². The molecule has 2 N–H and O–H groups in total. The fraction of sp³-hybridized carbons (Fsp3) is 0.133. The Bertz CT molecular complexity index is 795. The molecule has 0 aliphatic carbocycles. The van der Waals surface area contributed by atoms with Crippen molar-refractivity contribution in [3.05, 3.63) is 64.9 Å². The Morgan fingerprint density at radius 3 is 2.39 bits per heavy atom. The minimum absolute atomic E-state index is 0.113. The molecule has 23 heavy (non-hydrogen) atoms. The van der Waals surface area contributed by atoms with Gasteiger partial charge in [0.15, 0.2) is 0 Å². The van der Waals surface area contributed by atoms with Crippen molar-refractivity contribution in [3.63, 3.8) is 0 Å². The summed E-state index contributed by atoms with van der Waals surface area (Å²) in [7, 11) is -3.87. The van der Waals surface area contributed by atoms with Crippen LogP contribution in [0.3, 0.4) is 0 Å². The van der Waals surface area contributed by atoms with Crippen molar-refractivity contribution in [3.8, 4) is 0 Å². The van der Waals surface area contributed by atoms with E-state index in [0.29, 0.717) is 5.02 Å². The highest BCUT2D eigenvalue weighted by Crippen LogP contribution is 2.14. The van der Waals surface area contributed by atoms with E-state index in [0.717, 1.165) is 29.8 Å². The molecule has 2 aromatic carbocycles. The average molecular weight is 357 g/mol. The SMILES string of the molecule is O=C(CNS(=O)(=O)c1ccc(F)cc1)NCc1ccccc1Cl. The van der Waals surface area contributed by atoms with Gasteiger partial charge in [-0.05, 0) is 35.9 Å². The van der Waals surface area contributed by atoms with Crippen molar-refractivity contribution in [1.29, 1.82) is 0 Å². The number of halogens is 2. The van der Waals surface area contributed by atoms with E-state index in [-0.39, 0.29) is 11.4 Å². The average Bonchev–Trinajstić information content (AvgIpc) is 2.53. The molecule has 5 nitrogen and oxygen atoms in total. The number of rotatable bonds is 6. The van der Waals surface area contributed by atoms with Gasteiger partial charge in [0.2, 0.25) is 15.9 Å². The molecule has 0 aromatic heterocycles. The van der Waals surface area contributed by atoms with E-state index >= 15 is 0 Å². The van der Waals surface area contributed by atoms with Gasteiger partial charge in [-0.25, -0.2) is 17.5 Å². The van der Waals surface area contributed by atoms with Crippen LogP contribution >= 0.6 is 11.6 Å². The lowest BCUT2D eigenvalue weighted by Crippen LogP contribution is -2.36. The summed E-state index contributed by atoms with van der Waals surface area (Å²) in [4.78, 5) is 11.6. The number of hydrogen-bond donors (Lipinski definition) is 2. The Kier molecular flexibility index (Phi) is 5.70. The van der Waals surface area contributed by atoms with Crippen molar-refractivity contribution in [1.82, 2.24) is 10.0 Å². The van der Waals surface area contributed by atoms with Gasteiger partial charge in [-0.1, -0.05) is 29.8 Å². The van der Waals surface area contributed by atoms with Crippen molar-refractivity contribution in [2.45, 2.75) is 11.4 Å². The van der Waals surface area contributed by atoms with Crippen LogP contribution < -0.4 is 10.0 Å². The first kappa shape index (κ1) is 17.4. The second kappa shape index (κ2) is 7.54. The summed E-state index contributed by atoms with van der Waals surface area (Å²) in [5.41, 5.74) is 0.726. The predicted molar refractivity (Wildman–Crippen MR) is 84.9 cm³/mol. The molecule has 0 aliphatic heterocycles. The zero-order valence-electron chi connectivity index (χ0n) is 11.9. The number of nitrogens with one attached hydrogen (secondary N) is 2. The van der Waals surface area contributed by atoms with Gasteiger partial charge in [0, 0.05) is 11.6 Å². The maximum atomic E-state index is 12.8. The van der Waals surface area contributed by atoms with Gasteiger partial charge in [0.25, 0.3) is 0 Å². The van der Waals surface area contributed by atoms with Crippen LogP contribution in [0.15, 0.2) is 53.4 Å². The third-order valence-corrected chi connectivity index (χ3v) is 4.77. The monoisotopic (exact) mass is 356 g/mol. The second-order valence-electron chi connectivity index (χ2n) is 4.65. The molecule has 0 heterocycles. The van der Waals surface area contributed by atoms with Crippen LogP contribution in [0, 0.1) is 5.82 Å². The van der Waals surface area contributed by atoms with Crippen LogP contribution in [-0.4, -0.2) is 20.9 Å². The molecule has 122 valence electrons. The topological polar surface area (TPSA) is 75.3 Å². The fourth-order valence-corrected chi connectivity index (χ4v) is 2.94. The highest BCUT2D eigenvalue weighted by molar-refractivity contribution is 7.89. The maximum absolute atomic E-state index is 12.8.